The second-order valence-corrected chi connectivity index (χ2v) is 6.67. The third-order valence-corrected chi connectivity index (χ3v) is 4.69. The Morgan fingerprint density at radius 2 is 2.00 bits per heavy atom. The molecule has 2 heterocycles. The summed E-state index contributed by atoms with van der Waals surface area (Å²) in [6.07, 6.45) is 5.65. The summed E-state index contributed by atoms with van der Waals surface area (Å²) in [4.78, 5) is 23.4. The van der Waals surface area contributed by atoms with Crippen LogP contribution in [0.15, 0.2) is 30.6 Å². The zero-order valence-corrected chi connectivity index (χ0v) is 14.5. The van der Waals surface area contributed by atoms with E-state index in [-0.39, 0.29) is 5.91 Å². The van der Waals surface area contributed by atoms with Crippen LogP contribution in [0.2, 0.25) is 0 Å². The molecule has 1 atom stereocenters. The van der Waals surface area contributed by atoms with Gasteiger partial charge >= 0.3 is 0 Å². The Labute approximate surface area is 143 Å². The van der Waals surface area contributed by atoms with E-state index in [0.717, 1.165) is 29.9 Å². The summed E-state index contributed by atoms with van der Waals surface area (Å²) < 4.78 is 0. The molecule has 2 aromatic rings. The number of aryl methyl sites for hydroxylation is 1. The maximum atomic E-state index is 12.4. The van der Waals surface area contributed by atoms with E-state index in [1.165, 1.54) is 12.8 Å². The first-order valence-corrected chi connectivity index (χ1v) is 8.49. The van der Waals surface area contributed by atoms with Crippen molar-refractivity contribution in [2.45, 2.75) is 33.6 Å². The molecule has 0 spiro atoms. The molecular formula is C19H24N4O. The standard InChI is InChI=1S/C19H24N4O/c1-13-6-5-9-23(12-13)19-20-10-16(11-21-19)18(24)22-17-8-4-7-14(2)15(17)3/h4,7-8,10-11,13H,5-6,9,12H2,1-3H3,(H,22,24). The van der Waals surface area contributed by atoms with Gasteiger partial charge in [0, 0.05) is 31.2 Å². The normalized spacial score (nSPS) is 17.6. The summed E-state index contributed by atoms with van der Waals surface area (Å²) in [5.41, 5.74) is 3.53. The number of aromatic nitrogens is 2. The smallest absolute Gasteiger partial charge is 0.258 e. The minimum atomic E-state index is -0.178. The van der Waals surface area contributed by atoms with Crippen molar-refractivity contribution in [1.29, 1.82) is 0 Å². The van der Waals surface area contributed by atoms with Crippen molar-refractivity contribution in [3.05, 3.63) is 47.3 Å². The van der Waals surface area contributed by atoms with Gasteiger partial charge in [0.1, 0.15) is 0 Å². The predicted molar refractivity (Wildman–Crippen MR) is 96.5 cm³/mol. The molecular weight excluding hydrogens is 300 g/mol. The van der Waals surface area contributed by atoms with E-state index in [4.69, 9.17) is 0 Å². The minimum absolute atomic E-state index is 0.178. The van der Waals surface area contributed by atoms with Gasteiger partial charge in [-0.2, -0.15) is 0 Å². The molecule has 5 nitrogen and oxygen atoms in total. The van der Waals surface area contributed by atoms with Gasteiger partial charge in [-0.3, -0.25) is 4.79 Å². The number of hydrogen-bond acceptors (Lipinski definition) is 4. The summed E-state index contributed by atoms with van der Waals surface area (Å²) in [6, 6.07) is 5.88. The minimum Gasteiger partial charge on any atom is -0.341 e. The number of hydrogen-bond donors (Lipinski definition) is 1. The van der Waals surface area contributed by atoms with E-state index in [1.807, 2.05) is 32.0 Å². The van der Waals surface area contributed by atoms with Gasteiger partial charge in [0.25, 0.3) is 5.91 Å². The molecule has 126 valence electrons. The lowest BCUT2D eigenvalue weighted by molar-refractivity contribution is 0.102. The lowest BCUT2D eigenvalue weighted by Crippen LogP contribution is -2.35. The van der Waals surface area contributed by atoms with E-state index in [0.29, 0.717) is 17.4 Å². The highest BCUT2D eigenvalue weighted by Crippen LogP contribution is 2.21. The average molecular weight is 324 g/mol. The third-order valence-electron chi connectivity index (χ3n) is 4.69. The fourth-order valence-electron chi connectivity index (χ4n) is 3.05. The number of nitrogens with zero attached hydrogens (tertiary/aromatic N) is 3. The van der Waals surface area contributed by atoms with Crippen molar-refractivity contribution in [3.8, 4) is 0 Å². The summed E-state index contributed by atoms with van der Waals surface area (Å²) in [6.45, 7) is 8.25. The summed E-state index contributed by atoms with van der Waals surface area (Å²) in [7, 11) is 0. The first kappa shape index (κ1) is 16.4. The van der Waals surface area contributed by atoms with Crippen LogP contribution in [0.4, 0.5) is 11.6 Å². The fourth-order valence-corrected chi connectivity index (χ4v) is 3.05. The molecule has 1 fully saturated rings. The molecule has 0 radical (unpaired) electrons. The van der Waals surface area contributed by atoms with Crippen molar-refractivity contribution < 1.29 is 4.79 Å². The van der Waals surface area contributed by atoms with Crippen LogP contribution in [-0.2, 0) is 0 Å². The van der Waals surface area contributed by atoms with Crippen LogP contribution in [0.3, 0.4) is 0 Å². The molecule has 0 bridgehead atoms. The molecule has 5 heteroatoms. The number of nitrogens with one attached hydrogen (secondary N) is 1. The lowest BCUT2D eigenvalue weighted by atomic mass is 10.0. The second-order valence-electron chi connectivity index (χ2n) is 6.67. The van der Waals surface area contributed by atoms with Crippen LogP contribution in [0, 0.1) is 19.8 Å². The fraction of sp³-hybridized carbons (Fsp3) is 0.421. The number of benzene rings is 1. The van der Waals surface area contributed by atoms with Gasteiger partial charge in [-0.15, -0.1) is 0 Å². The lowest BCUT2D eigenvalue weighted by Gasteiger charge is -2.30. The summed E-state index contributed by atoms with van der Waals surface area (Å²) in [5.74, 6) is 1.20. The zero-order valence-electron chi connectivity index (χ0n) is 14.5. The Morgan fingerprint density at radius 1 is 1.25 bits per heavy atom. The molecule has 1 aromatic heterocycles. The number of carbonyl (C=O) groups is 1. The van der Waals surface area contributed by atoms with E-state index < -0.39 is 0 Å². The van der Waals surface area contributed by atoms with E-state index in [2.05, 4.69) is 27.1 Å². The SMILES string of the molecule is Cc1cccc(NC(=O)c2cnc(N3CCCC(C)C3)nc2)c1C. The molecule has 1 unspecified atom stereocenters. The van der Waals surface area contributed by atoms with Crippen LogP contribution in [0.5, 0.6) is 0 Å². The van der Waals surface area contributed by atoms with Gasteiger partial charge in [0.05, 0.1) is 5.56 Å². The van der Waals surface area contributed by atoms with Gasteiger partial charge in [0.15, 0.2) is 0 Å². The largest absolute Gasteiger partial charge is 0.341 e. The number of amides is 1. The molecule has 1 aliphatic rings. The van der Waals surface area contributed by atoms with E-state index >= 15 is 0 Å². The van der Waals surface area contributed by atoms with E-state index in [1.54, 1.807) is 12.4 Å². The number of carbonyl (C=O) groups excluding carboxylic acids is 1. The molecule has 3 rings (SSSR count). The van der Waals surface area contributed by atoms with Crippen LogP contribution < -0.4 is 10.2 Å². The van der Waals surface area contributed by atoms with Gasteiger partial charge in [0.2, 0.25) is 5.95 Å². The summed E-state index contributed by atoms with van der Waals surface area (Å²) >= 11 is 0. The Morgan fingerprint density at radius 3 is 2.71 bits per heavy atom. The monoisotopic (exact) mass is 324 g/mol. The van der Waals surface area contributed by atoms with E-state index in [9.17, 15) is 4.79 Å². The first-order valence-electron chi connectivity index (χ1n) is 8.49. The van der Waals surface area contributed by atoms with Gasteiger partial charge in [-0.1, -0.05) is 19.1 Å². The highest BCUT2D eigenvalue weighted by Gasteiger charge is 2.19. The Bertz CT molecular complexity index is 727. The Hall–Kier alpha value is -2.43. The van der Waals surface area contributed by atoms with Crippen molar-refractivity contribution in [2.75, 3.05) is 23.3 Å². The van der Waals surface area contributed by atoms with Gasteiger partial charge in [-0.25, -0.2) is 9.97 Å². The van der Waals surface area contributed by atoms with Crippen LogP contribution >= 0.6 is 0 Å². The summed E-state index contributed by atoms with van der Waals surface area (Å²) in [5, 5.41) is 2.94. The van der Waals surface area contributed by atoms with Crippen molar-refractivity contribution in [3.63, 3.8) is 0 Å². The number of anilines is 2. The van der Waals surface area contributed by atoms with Crippen LogP contribution in [0.25, 0.3) is 0 Å². The number of rotatable bonds is 3. The molecule has 0 aliphatic carbocycles. The quantitative estimate of drug-likeness (QED) is 0.937. The highest BCUT2D eigenvalue weighted by atomic mass is 16.1. The van der Waals surface area contributed by atoms with Crippen LogP contribution in [-0.4, -0.2) is 29.0 Å². The molecule has 24 heavy (non-hydrogen) atoms. The van der Waals surface area contributed by atoms with Crippen molar-refractivity contribution in [1.82, 2.24) is 9.97 Å². The maximum Gasteiger partial charge on any atom is 0.258 e. The third kappa shape index (κ3) is 3.55. The van der Waals surface area contributed by atoms with Crippen molar-refractivity contribution in [2.24, 2.45) is 5.92 Å². The van der Waals surface area contributed by atoms with Gasteiger partial charge in [-0.05, 0) is 49.8 Å². The molecule has 1 saturated heterocycles. The number of piperidine rings is 1. The maximum absolute atomic E-state index is 12.4. The predicted octanol–water partition coefficient (Wildman–Crippen LogP) is 3.58. The van der Waals surface area contributed by atoms with Crippen molar-refractivity contribution >= 4 is 17.5 Å². The molecule has 1 amide bonds. The Balaban J connectivity index is 1.71. The average Bonchev–Trinajstić information content (AvgIpc) is 2.59. The first-order chi connectivity index (χ1) is 11.5. The molecule has 1 aromatic carbocycles. The molecule has 0 saturated carbocycles. The molecule has 1 N–H and O–H groups in total. The van der Waals surface area contributed by atoms with Crippen LogP contribution in [0.1, 0.15) is 41.3 Å². The topological polar surface area (TPSA) is 58.1 Å². The second kappa shape index (κ2) is 6.99. The highest BCUT2D eigenvalue weighted by molar-refractivity contribution is 6.04. The zero-order chi connectivity index (χ0) is 17.1. The Kier molecular flexibility index (Phi) is 4.79. The molecule has 1 aliphatic heterocycles. The van der Waals surface area contributed by atoms with Gasteiger partial charge < -0.3 is 10.2 Å².